The Labute approximate surface area is 102 Å². The molecule has 2 rings (SSSR count). The van der Waals surface area contributed by atoms with Crippen molar-refractivity contribution in [3.8, 4) is 0 Å². The molecule has 1 aliphatic heterocycles. The first-order chi connectivity index (χ1) is 7.60. The zero-order chi connectivity index (χ0) is 11.6. The molecule has 1 aromatic rings. The van der Waals surface area contributed by atoms with Crippen molar-refractivity contribution in [2.24, 2.45) is 0 Å². The maximum atomic E-state index is 12.1. The van der Waals surface area contributed by atoms with Gasteiger partial charge in [-0.2, -0.15) is 16.1 Å². The van der Waals surface area contributed by atoms with Crippen LogP contribution in [0.3, 0.4) is 0 Å². The standard InChI is InChI=1S/C7H12N4O2S3/c8-6-9-10-7(15-6)16(12,13)11-2-1-4-14-5-3-11/h1-5H2,(H2,8,9). The summed E-state index contributed by atoms with van der Waals surface area (Å²) in [6.07, 6.45) is 0.873. The summed E-state index contributed by atoms with van der Waals surface area (Å²) in [7, 11) is -3.48. The average Bonchev–Trinajstić information content (AvgIpc) is 2.54. The van der Waals surface area contributed by atoms with Crippen molar-refractivity contribution in [1.29, 1.82) is 0 Å². The van der Waals surface area contributed by atoms with Gasteiger partial charge in [-0.15, -0.1) is 10.2 Å². The van der Waals surface area contributed by atoms with Crippen LogP contribution in [0.1, 0.15) is 6.42 Å². The van der Waals surface area contributed by atoms with Crippen LogP contribution in [-0.2, 0) is 10.0 Å². The van der Waals surface area contributed by atoms with Crippen molar-refractivity contribution in [2.45, 2.75) is 10.8 Å². The Hall–Kier alpha value is -0.380. The lowest BCUT2D eigenvalue weighted by Crippen LogP contribution is -2.32. The van der Waals surface area contributed by atoms with Crippen LogP contribution in [0.4, 0.5) is 5.13 Å². The Balaban J connectivity index is 2.23. The zero-order valence-corrected chi connectivity index (χ0v) is 10.9. The SMILES string of the molecule is Nc1nnc(S(=O)(=O)N2CCCSCC2)s1. The molecule has 0 aliphatic carbocycles. The van der Waals surface area contributed by atoms with Gasteiger partial charge < -0.3 is 5.73 Å². The molecule has 1 fully saturated rings. The van der Waals surface area contributed by atoms with Gasteiger partial charge in [0.15, 0.2) is 0 Å². The Kier molecular flexibility index (Phi) is 3.67. The monoisotopic (exact) mass is 280 g/mol. The summed E-state index contributed by atoms with van der Waals surface area (Å²) < 4.78 is 25.7. The Bertz CT molecular complexity index is 450. The highest BCUT2D eigenvalue weighted by atomic mass is 32.2. The van der Waals surface area contributed by atoms with Crippen molar-refractivity contribution in [3.05, 3.63) is 0 Å². The molecule has 90 valence electrons. The van der Waals surface area contributed by atoms with E-state index in [-0.39, 0.29) is 9.47 Å². The fourth-order valence-electron chi connectivity index (χ4n) is 1.40. The number of nitrogens with two attached hydrogens (primary N) is 1. The lowest BCUT2D eigenvalue weighted by Gasteiger charge is -2.16. The molecular weight excluding hydrogens is 268 g/mol. The van der Waals surface area contributed by atoms with E-state index in [1.54, 1.807) is 11.8 Å². The van der Waals surface area contributed by atoms with Crippen LogP contribution in [0.15, 0.2) is 4.34 Å². The van der Waals surface area contributed by atoms with E-state index in [1.165, 1.54) is 4.31 Å². The summed E-state index contributed by atoms with van der Waals surface area (Å²) in [6, 6.07) is 0. The van der Waals surface area contributed by atoms with E-state index in [4.69, 9.17) is 5.73 Å². The Morgan fingerprint density at radius 3 is 2.75 bits per heavy atom. The van der Waals surface area contributed by atoms with E-state index < -0.39 is 10.0 Å². The second-order valence-electron chi connectivity index (χ2n) is 3.28. The molecule has 0 atom stereocenters. The lowest BCUT2D eigenvalue weighted by atomic mass is 10.5. The van der Waals surface area contributed by atoms with E-state index in [2.05, 4.69) is 10.2 Å². The second kappa shape index (κ2) is 4.86. The molecule has 6 nitrogen and oxygen atoms in total. The maximum absolute atomic E-state index is 12.1. The molecule has 1 aromatic heterocycles. The number of sulfonamides is 1. The van der Waals surface area contributed by atoms with Gasteiger partial charge in [-0.3, -0.25) is 0 Å². The zero-order valence-electron chi connectivity index (χ0n) is 8.50. The van der Waals surface area contributed by atoms with Crippen LogP contribution in [-0.4, -0.2) is 47.5 Å². The smallest absolute Gasteiger partial charge is 0.272 e. The molecule has 2 N–H and O–H groups in total. The highest BCUT2D eigenvalue weighted by Crippen LogP contribution is 2.23. The number of rotatable bonds is 2. The molecular formula is C7H12N4O2S3. The van der Waals surface area contributed by atoms with Crippen molar-refractivity contribution >= 4 is 38.3 Å². The highest BCUT2D eigenvalue weighted by Gasteiger charge is 2.28. The third kappa shape index (κ3) is 2.47. The molecule has 0 aromatic carbocycles. The highest BCUT2D eigenvalue weighted by molar-refractivity contribution is 7.99. The lowest BCUT2D eigenvalue weighted by molar-refractivity contribution is 0.434. The number of hydrogen-bond donors (Lipinski definition) is 1. The molecule has 1 aliphatic rings. The van der Waals surface area contributed by atoms with Gasteiger partial charge in [0.2, 0.25) is 9.47 Å². The molecule has 2 heterocycles. The van der Waals surface area contributed by atoms with E-state index in [1.807, 2.05) is 0 Å². The van der Waals surface area contributed by atoms with Gasteiger partial charge in [0, 0.05) is 18.8 Å². The summed E-state index contributed by atoms with van der Waals surface area (Å²) >= 11 is 2.69. The molecule has 16 heavy (non-hydrogen) atoms. The number of thioether (sulfide) groups is 1. The van der Waals surface area contributed by atoms with Crippen LogP contribution in [0, 0.1) is 0 Å². The number of hydrogen-bond acceptors (Lipinski definition) is 7. The average molecular weight is 280 g/mol. The van der Waals surface area contributed by atoms with Gasteiger partial charge in [-0.25, -0.2) is 8.42 Å². The minimum atomic E-state index is -3.48. The van der Waals surface area contributed by atoms with Gasteiger partial charge >= 0.3 is 0 Å². The van der Waals surface area contributed by atoms with Crippen molar-refractivity contribution in [3.63, 3.8) is 0 Å². The predicted molar refractivity (Wildman–Crippen MR) is 65.0 cm³/mol. The number of anilines is 1. The molecule has 0 radical (unpaired) electrons. The van der Waals surface area contributed by atoms with E-state index in [0.717, 1.165) is 29.3 Å². The topological polar surface area (TPSA) is 89.2 Å². The van der Waals surface area contributed by atoms with Crippen LogP contribution in [0.5, 0.6) is 0 Å². The second-order valence-corrected chi connectivity index (χ2v) is 7.62. The van der Waals surface area contributed by atoms with Gasteiger partial charge in [-0.05, 0) is 12.2 Å². The van der Waals surface area contributed by atoms with Crippen LogP contribution in [0.2, 0.25) is 0 Å². The van der Waals surface area contributed by atoms with Gasteiger partial charge in [0.25, 0.3) is 10.0 Å². The van der Waals surface area contributed by atoms with Crippen LogP contribution < -0.4 is 5.73 Å². The predicted octanol–water partition coefficient (Wildman–Crippen LogP) is 0.248. The fourth-order valence-corrected chi connectivity index (χ4v) is 4.80. The molecule has 0 saturated carbocycles. The van der Waals surface area contributed by atoms with Crippen molar-refractivity contribution in [1.82, 2.24) is 14.5 Å². The third-order valence-electron chi connectivity index (χ3n) is 2.16. The fraction of sp³-hybridized carbons (Fsp3) is 0.714. The van der Waals surface area contributed by atoms with Gasteiger partial charge in [0.1, 0.15) is 0 Å². The molecule has 0 spiro atoms. The first-order valence-corrected chi connectivity index (χ1v) is 8.19. The molecule has 9 heteroatoms. The van der Waals surface area contributed by atoms with E-state index in [9.17, 15) is 8.42 Å². The number of nitrogen functional groups attached to an aromatic ring is 1. The summed E-state index contributed by atoms with van der Waals surface area (Å²) in [5.74, 6) is 1.83. The van der Waals surface area contributed by atoms with Crippen molar-refractivity contribution in [2.75, 3.05) is 30.3 Å². The van der Waals surface area contributed by atoms with Crippen LogP contribution >= 0.6 is 23.1 Å². The summed E-state index contributed by atoms with van der Waals surface area (Å²) in [4.78, 5) is 0. The molecule has 1 saturated heterocycles. The number of aromatic nitrogens is 2. The molecule has 0 unspecified atom stereocenters. The third-order valence-corrected chi connectivity index (χ3v) is 6.21. The van der Waals surface area contributed by atoms with Gasteiger partial charge in [0.05, 0.1) is 0 Å². The molecule has 0 amide bonds. The van der Waals surface area contributed by atoms with Crippen molar-refractivity contribution < 1.29 is 8.42 Å². The summed E-state index contributed by atoms with van der Waals surface area (Å²) in [6.45, 7) is 1.08. The quantitative estimate of drug-likeness (QED) is 0.835. The van der Waals surface area contributed by atoms with E-state index >= 15 is 0 Å². The normalized spacial score (nSPS) is 19.5. The summed E-state index contributed by atoms with van der Waals surface area (Å²) in [5, 5.41) is 7.32. The largest absolute Gasteiger partial charge is 0.374 e. The first-order valence-electron chi connectivity index (χ1n) is 4.77. The van der Waals surface area contributed by atoms with Gasteiger partial charge in [-0.1, -0.05) is 11.3 Å². The Morgan fingerprint density at radius 1 is 1.25 bits per heavy atom. The molecule has 0 bridgehead atoms. The Morgan fingerprint density at radius 2 is 2.06 bits per heavy atom. The van der Waals surface area contributed by atoms with E-state index in [0.29, 0.717) is 13.1 Å². The minimum Gasteiger partial charge on any atom is -0.374 e. The van der Waals surface area contributed by atoms with Crippen LogP contribution in [0.25, 0.3) is 0 Å². The number of nitrogens with zero attached hydrogens (tertiary/aromatic N) is 3. The minimum absolute atomic E-state index is 0.00287. The first kappa shape index (κ1) is 12.1. The maximum Gasteiger partial charge on any atom is 0.272 e. The summed E-state index contributed by atoms with van der Waals surface area (Å²) in [5.41, 5.74) is 5.39.